The first-order valence-electron chi connectivity index (χ1n) is 8.74. The minimum Gasteiger partial charge on any atom is -0.495 e. The maximum absolute atomic E-state index is 12.5. The molecule has 0 aliphatic carbocycles. The Balaban J connectivity index is 2.08. The molecule has 0 aliphatic rings. The zero-order valence-electron chi connectivity index (χ0n) is 15.5. The molecule has 0 aliphatic heterocycles. The zero-order valence-corrected chi connectivity index (χ0v) is 15.5. The molecular weight excluding hydrogens is 330 g/mol. The van der Waals surface area contributed by atoms with E-state index in [1.54, 1.807) is 19.2 Å². The number of aromatic nitrogens is 1. The molecule has 1 aromatic heterocycles. The molecule has 2 N–H and O–H groups in total. The number of nitrogens with zero attached hydrogens (tertiary/aromatic N) is 1. The smallest absolute Gasteiger partial charge is 0.257 e. The van der Waals surface area contributed by atoms with E-state index in [1.165, 1.54) is 12.4 Å². The number of aryl methyl sites for hydroxylation is 1. The van der Waals surface area contributed by atoms with Gasteiger partial charge in [-0.05, 0) is 37.1 Å². The molecule has 0 radical (unpaired) electrons. The van der Waals surface area contributed by atoms with Gasteiger partial charge in [0.25, 0.3) is 11.8 Å². The first-order valence-corrected chi connectivity index (χ1v) is 8.74. The van der Waals surface area contributed by atoms with Crippen molar-refractivity contribution in [1.82, 2.24) is 10.3 Å². The molecule has 0 fully saturated rings. The van der Waals surface area contributed by atoms with Crippen LogP contribution in [0.4, 0.5) is 5.69 Å². The number of carbonyl (C=O) groups is 2. The highest BCUT2D eigenvalue weighted by molar-refractivity contribution is 6.06. The number of hydrogen-bond acceptors (Lipinski definition) is 4. The van der Waals surface area contributed by atoms with E-state index in [2.05, 4.69) is 22.5 Å². The van der Waals surface area contributed by atoms with E-state index >= 15 is 0 Å². The molecule has 2 aromatic rings. The van der Waals surface area contributed by atoms with E-state index in [0.717, 1.165) is 24.8 Å². The van der Waals surface area contributed by atoms with E-state index in [1.807, 2.05) is 19.1 Å². The van der Waals surface area contributed by atoms with Crippen molar-refractivity contribution in [2.45, 2.75) is 33.1 Å². The van der Waals surface area contributed by atoms with Crippen molar-refractivity contribution in [2.24, 2.45) is 0 Å². The number of anilines is 1. The fourth-order valence-electron chi connectivity index (χ4n) is 2.48. The average Bonchev–Trinajstić information content (AvgIpc) is 2.65. The normalized spacial score (nSPS) is 10.3. The van der Waals surface area contributed by atoms with Gasteiger partial charge in [0.05, 0.1) is 23.9 Å². The summed E-state index contributed by atoms with van der Waals surface area (Å²) in [5, 5.41) is 5.65. The minimum absolute atomic E-state index is 0.226. The molecule has 6 nitrogen and oxygen atoms in total. The van der Waals surface area contributed by atoms with Gasteiger partial charge < -0.3 is 15.4 Å². The number of carbonyl (C=O) groups excluding carboxylic acids is 2. The second-order valence-corrected chi connectivity index (χ2v) is 6.08. The summed E-state index contributed by atoms with van der Waals surface area (Å²) < 4.78 is 5.27. The molecule has 2 rings (SSSR count). The monoisotopic (exact) mass is 355 g/mol. The van der Waals surface area contributed by atoms with Crippen LogP contribution in [-0.4, -0.2) is 30.5 Å². The predicted octanol–water partition coefficient (Wildman–Crippen LogP) is 3.57. The topological polar surface area (TPSA) is 80.3 Å². The maximum Gasteiger partial charge on any atom is 0.257 e. The molecule has 138 valence electrons. The Kier molecular flexibility index (Phi) is 7.14. The van der Waals surface area contributed by atoms with E-state index < -0.39 is 0 Å². The largest absolute Gasteiger partial charge is 0.495 e. The summed E-state index contributed by atoms with van der Waals surface area (Å²) in [5.41, 5.74) is 2.26. The quantitative estimate of drug-likeness (QED) is 0.710. The Morgan fingerprint density at radius 2 is 1.81 bits per heavy atom. The molecule has 0 bridgehead atoms. The van der Waals surface area contributed by atoms with E-state index in [0.29, 0.717) is 29.1 Å². The van der Waals surface area contributed by atoms with Crippen LogP contribution in [0.15, 0.2) is 36.7 Å². The number of pyridine rings is 1. The summed E-state index contributed by atoms with van der Waals surface area (Å²) in [6.45, 7) is 4.65. The molecule has 0 spiro atoms. The van der Waals surface area contributed by atoms with Gasteiger partial charge in [0, 0.05) is 18.9 Å². The summed E-state index contributed by atoms with van der Waals surface area (Å²) in [6.07, 6.45) is 5.99. The molecular formula is C20H25N3O3. The van der Waals surface area contributed by atoms with Gasteiger partial charge in [0.15, 0.2) is 0 Å². The Morgan fingerprint density at radius 1 is 1.08 bits per heavy atom. The van der Waals surface area contributed by atoms with Crippen molar-refractivity contribution in [3.05, 3.63) is 53.3 Å². The predicted molar refractivity (Wildman–Crippen MR) is 102 cm³/mol. The third kappa shape index (κ3) is 5.31. The van der Waals surface area contributed by atoms with Crippen LogP contribution < -0.4 is 15.4 Å². The Labute approximate surface area is 154 Å². The molecule has 1 aromatic carbocycles. The number of benzene rings is 1. The molecule has 0 atom stereocenters. The van der Waals surface area contributed by atoms with E-state index in [4.69, 9.17) is 4.74 Å². The van der Waals surface area contributed by atoms with Crippen LogP contribution in [0.1, 0.15) is 52.5 Å². The third-order valence-corrected chi connectivity index (χ3v) is 3.93. The standard InChI is InChI=1S/C20H25N3O3/c1-4-5-6-9-22-19(24)15-11-16(13-21-12-15)20(25)23-17-10-14(2)7-8-18(17)26-3/h7-8,10-13H,4-6,9H2,1-3H3,(H,22,24)(H,23,25). The van der Waals surface area contributed by atoms with Crippen LogP contribution >= 0.6 is 0 Å². The van der Waals surface area contributed by atoms with Crippen LogP contribution in [0.2, 0.25) is 0 Å². The average molecular weight is 355 g/mol. The Hall–Kier alpha value is -2.89. The van der Waals surface area contributed by atoms with Gasteiger partial charge in [-0.3, -0.25) is 14.6 Å². The molecule has 0 unspecified atom stereocenters. The lowest BCUT2D eigenvalue weighted by molar-refractivity contribution is 0.0952. The molecule has 1 heterocycles. The number of methoxy groups -OCH3 is 1. The minimum atomic E-state index is -0.345. The summed E-state index contributed by atoms with van der Waals surface area (Å²) >= 11 is 0. The van der Waals surface area contributed by atoms with Crippen LogP contribution in [0.25, 0.3) is 0 Å². The van der Waals surface area contributed by atoms with E-state index in [-0.39, 0.29) is 11.8 Å². The fraction of sp³-hybridized carbons (Fsp3) is 0.350. The number of hydrogen-bond donors (Lipinski definition) is 2. The lowest BCUT2D eigenvalue weighted by Crippen LogP contribution is -2.25. The van der Waals surface area contributed by atoms with Gasteiger partial charge in [0.2, 0.25) is 0 Å². The van der Waals surface area contributed by atoms with Crippen molar-refractivity contribution >= 4 is 17.5 Å². The van der Waals surface area contributed by atoms with Crippen LogP contribution in [0.3, 0.4) is 0 Å². The van der Waals surface area contributed by atoms with Gasteiger partial charge in [-0.15, -0.1) is 0 Å². The third-order valence-electron chi connectivity index (χ3n) is 3.93. The van der Waals surface area contributed by atoms with Gasteiger partial charge in [-0.2, -0.15) is 0 Å². The van der Waals surface area contributed by atoms with E-state index in [9.17, 15) is 9.59 Å². The van der Waals surface area contributed by atoms with Gasteiger partial charge in [-0.25, -0.2) is 0 Å². The summed E-state index contributed by atoms with van der Waals surface area (Å²) in [4.78, 5) is 28.7. The van der Waals surface area contributed by atoms with Crippen molar-refractivity contribution in [3.63, 3.8) is 0 Å². The van der Waals surface area contributed by atoms with Crippen molar-refractivity contribution < 1.29 is 14.3 Å². The number of rotatable bonds is 8. The SMILES string of the molecule is CCCCCNC(=O)c1cncc(C(=O)Nc2cc(C)ccc2OC)c1. The summed E-state index contributed by atoms with van der Waals surface area (Å²) in [7, 11) is 1.55. The highest BCUT2D eigenvalue weighted by Gasteiger charge is 2.13. The Bertz CT molecular complexity index is 775. The number of unbranched alkanes of at least 4 members (excludes halogenated alkanes) is 2. The molecule has 26 heavy (non-hydrogen) atoms. The zero-order chi connectivity index (χ0) is 18.9. The molecule has 0 saturated heterocycles. The lowest BCUT2D eigenvalue weighted by atomic mass is 10.1. The van der Waals surface area contributed by atoms with Crippen LogP contribution in [-0.2, 0) is 0 Å². The first-order chi connectivity index (χ1) is 12.5. The Morgan fingerprint density at radius 3 is 2.50 bits per heavy atom. The summed E-state index contributed by atoms with van der Waals surface area (Å²) in [5.74, 6) is 0.000142. The molecule has 6 heteroatoms. The molecule has 2 amide bonds. The lowest BCUT2D eigenvalue weighted by Gasteiger charge is -2.11. The van der Waals surface area contributed by atoms with Crippen LogP contribution in [0.5, 0.6) is 5.75 Å². The number of amides is 2. The summed E-state index contributed by atoms with van der Waals surface area (Å²) in [6, 6.07) is 7.07. The maximum atomic E-state index is 12.5. The van der Waals surface area contributed by atoms with Gasteiger partial charge in [0.1, 0.15) is 5.75 Å². The highest BCUT2D eigenvalue weighted by Crippen LogP contribution is 2.25. The van der Waals surface area contributed by atoms with Gasteiger partial charge in [-0.1, -0.05) is 25.8 Å². The number of nitrogens with one attached hydrogen (secondary N) is 2. The van der Waals surface area contributed by atoms with Crippen LogP contribution in [0, 0.1) is 6.92 Å². The number of ether oxygens (including phenoxy) is 1. The van der Waals surface area contributed by atoms with Crippen molar-refractivity contribution in [1.29, 1.82) is 0 Å². The van der Waals surface area contributed by atoms with Crippen molar-refractivity contribution in [3.8, 4) is 5.75 Å². The fourth-order valence-corrected chi connectivity index (χ4v) is 2.48. The van der Waals surface area contributed by atoms with Gasteiger partial charge >= 0.3 is 0 Å². The first kappa shape index (κ1) is 19.4. The van der Waals surface area contributed by atoms with Crippen molar-refractivity contribution in [2.75, 3.05) is 19.0 Å². The highest BCUT2D eigenvalue weighted by atomic mass is 16.5. The molecule has 0 saturated carbocycles. The second kappa shape index (κ2) is 9.56. The second-order valence-electron chi connectivity index (χ2n) is 6.08.